The Hall–Kier alpha value is -3.23. The number of aryl methyl sites for hydroxylation is 1. The molecule has 164 valence electrons. The number of anilines is 2. The number of pyridine rings is 1. The van der Waals surface area contributed by atoms with E-state index < -0.39 is 12.2 Å². The smallest absolute Gasteiger partial charge is 0.145 e. The van der Waals surface area contributed by atoms with E-state index in [1.807, 2.05) is 29.9 Å². The Kier molecular flexibility index (Phi) is 4.18. The van der Waals surface area contributed by atoms with Crippen LogP contribution in [0.4, 0.5) is 11.6 Å². The molecule has 8 heteroatoms. The standard InChI is InChI=1S/C24H26N6O2/c1-26-18-5-4-14-3-2-13(10-17(14)29-18)6-8-24-11-16(24)19(20(31)21(24)32)30-9-7-15-22(25)27-12-28-23(15)30/h2-5,7,9-10,12,16,19-21,31-32H,6,8,11H2,1H3,(H,26,29)(H2,25,27,28)/t16-,19-,20+,21+,24-/m1/s1. The topological polar surface area (TPSA) is 122 Å². The molecule has 3 heterocycles. The van der Waals surface area contributed by atoms with Crippen molar-refractivity contribution >= 4 is 33.6 Å². The van der Waals surface area contributed by atoms with Crippen molar-refractivity contribution in [1.82, 2.24) is 19.5 Å². The van der Waals surface area contributed by atoms with E-state index in [0.29, 0.717) is 11.5 Å². The number of nitrogen functional groups attached to an aromatic ring is 1. The van der Waals surface area contributed by atoms with E-state index >= 15 is 0 Å². The second-order valence-corrected chi connectivity index (χ2v) is 9.16. The second kappa shape index (κ2) is 6.88. The van der Waals surface area contributed by atoms with Crippen molar-refractivity contribution < 1.29 is 10.2 Å². The first-order chi connectivity index (χ1) is 15.5. The lowest BCUT2D eigenvalue weighted by molar-refractivity contribution is -0.0191. The van der Waals surface area contributed by atoms with Gasteiger partial charge in [0.15, 0.2) is 0 Å². The molecular weight excluding hydrogens is 404 g/mol. The fraction of sp³-hybridized carbons (Fsp3) is 0.375. The minimum atomic E-state index is -0.836. The zero-order valence-electron chi connectivity index (χ0n) is 17.8. The van der Waals surface area contributed by atoms with E-state index in [2.05, 4.69) is 44.5 Å². The van der Waals surface area contributed by atoms with Crippen molar-refractivity contribution in [2.24, 2.45) is 11.3 Å². The summed E-state index contributed by atoms with van der Waals surface area (Å²) < 4.78 is 1.97. The Morgan fingerprint density at radius 1 is 1.19 bits per heavy atom. The number of rotatable bonds is 5. The highest BCUT2D eigenvalue weighted by molar-refractivity contribution is 5.86. The number of hydrogen-bond acceptors (Lipinski definition) is 7. The van der Waals surface area contributed by atoms with Crippen LogP contribution >= 0.6 is 0 Å². The van der Waals surface area contributed by atoms with Crippen molar-refractivity contribution in [3.8, 4) is 0 Å². The van der Waals surface area contributed by atoms with Crippen LogP contribution in [0.5, 0.6) is 0 Å². The van der Waals surface area contributed by atoms with Crippen molar-refractivity contribution in [3.05, 3.63) is 54.5 Å². The lowest BCUT2D eigenvalue weighted by atomic mass is 9.91. The normalized spacial score (nSPS) is 28.8. The number of nitrogens with zero attached hydrogens (tertiary/aromatic N) is 4. The Morgan fingerprint density at radius 2 is 2.03 bits per heavy atom. The minimum absolute atomic E-state index is 0.203. The van der Waals surface area contributed by atoms with Crippen molar-refractivity contribution in [1.29, 1.82) is 0 Å². The van der Waals surface area contributed by atoms with Crippen LogP contribution in [0.3, 0.4) is 0 Å². The van der Waals surface area contributed by atoms with E-state index in [-0.39, 0.29) is 17.4 Å². The average Bonchev–Trinajstić information content (AvgIpc) is 3.30. The van der Waals surface area contributed by atoms with Gasteiger partial charge in [0.1, 0.15) is 29.7 Å². The van der Waals surface area contributed by atoms with Crippen LogP contribution in [-0.2, 0) is 6.42 Å². The third-order valence-corrected chi connectivity index (χ3v) is 7.61. The van der Waals surface area contributed by atoms with Gasteiger partial charge >= 0.3 is 0 Å². The number of hydrogen-bond donors (Lipinski definition) is 4. The quantitative estimate of drug-likeness (QED) is 0.384. The molecule has 2 aliphatic carbocycles. The minimum Gasteiger partial charge on any atom is -0.390 e. The van der Waals surface area contributed by atoms with Crippen molar-refractivity contribution in [3.63, 3.8) is 0 Å². The summed E-state index contributed by atoms with van der Waals surface area (Å²) in [5.74, 6) is 1.47. The first kappa shape index (κ1) is 19.5. The molecule has 0 unspecified atom stereocenters. The van der Waals surface area contributed by atoms with Crippen LogP contribution in [0.2, 0.25) is 0 Å². The Balaban J connectivity index is 1.26. The predicted molar refractivity (Wildman–Crippen MR) is 123 cm³/mol. The Bertz CT molecular complexity index is 1340. The Labute approximate surface area is 185 Å². The van der Waals surface area contributed by atoms with Gasteiger partial charge in [-0.15, -0.1) is 0 Å². The number of nitrogens with two attached hydrogens (primary N) is 1. The molecule has 3 aromatic heterocycles. The molecule has 32 heavy (non-hydrogen) atoms. The molecule has 0 spiro atoms. The highest BCUT2D eigenvalue weighted by Gasteiger charge is 2.70. The maximum atomic E-state index is 11.0. The lowest BCUT2D eigenvalue weighted by Crippen LogP contribution is -2.34. The molecule has 0 amide bonds. The van der Waals surface area contributed by atoms with Crippen LogP contribution in [-0.4, -0.2) is 49.0 Å². The predicted octanol–water partition coefficient (Wildman–Crippen LogP) is 2.52. The second-order valence-electron chi connectivity index (χ2n) is 9.16. The van der Waals surface area contributed by atoms with Gasteiger partial charge in [-0.2, -0.15) is 0 Å². The van der Waals surface area contributed by atoms with Gasteiger partial charge in [-0.05, 0) is 55.0 Å². The highest BCUT2D eigenvalue weighted by atomic mass is 16.3. The summed E-state index contributed by atoms with van der Waals surface area (Å²) in [6.07, 6.45) is 4.29. The number of aliphatic hydroxyl groups is 2. The fourth-order valence-corrected chi connectivity index (χ4v) is 5.78. The molecule has 1 aromatic carbocycles. The molecule has 8 nitrogen and oxygen atoms in total. The molecule has 4 aromatic rings. The average molecular weight is 431 g/mol. The number of benzene rings is 1. The molecule has 5 atom stereocenters. The summed E-state index contributed by atoms with van der Waals surface area (Å²) >= 11 is 0. The summed E-state index contributed by atoms with van der Waals surface area (Å²) in [4.78, 5) is 13.1. The van der Waals surface area contributed by atoms with Crippen LogP contribution in [0.25, 0.3) is 21.9 Å². The van der Waals surface area contributed by atoms with Crippen molar-refractivity contribution in [2.75, 3.05) is 18.1 Å². The monoisotopic (exact) mass is 430 g/mol. The van der Waals surface area contributed by atoms with E-state index in [1.54, 1.807) is 0 Å². The van der Waals surface area contributed by atoms with Gasteiger partial charge in [0, 0.05) is 24.0 Å². The third-order valence-electron chi connectivity index (χ3n) is 7.61. The molecule has 0 radical (unpaired) electrons. The molecule has 5 N–H and O–H groups in total. The largest absolute Gasteiger partial charge is 0.390 e. The van der Waals surface area contributed by atoms with Gasteiger partial charge in [-0.3, -0.25) is 0 Å². The molecule has 0 saturated heterocycles. The zero-order chi connectivity index (χ0) is 22.0. The molecule has 0 bridgehead atoms. The molecule has 6 rings (SSSR count). The highest BCUT2D eigenvalue weighted by Crippen LogP contribution is 2.69. The Morgan fingerprint density at radius 3 is 2.88 bits per heavy atom. The first-order valence-corrected chi connectivity index (χ1v) is 11.0. The van der Waals surface area contributed by atoms with Crippen molar-refractivity contribution in [2.45, 2.75) is 37.5 Å². The maximum Gasteiger partial charge on any atom is 0.145 e. The lowest BCUT2D eigenvalue weighted by Gasteiger charge is -2.24. The van der Waals surface area contributed by atoms with E-state index in [9.17, 15) is 10.2 Å². The summed E-state index contributed by atoms with van der Waals surface area (Å²) in [6.45, 7) is 0. The van der Waals surface area contributed by atoms with E-state index in [0.717, 1.165) is 41.4 Å². The van der Waals surface area contributed by atoms with Gasteiger partial charge < -0.3 is 25.8 Å². The van der Waals surface area contributed by atoms with Crippen LogP contribution < -0.4 is 11.1 Å². The third kappa shape index (κ3) is 2.73. The van der Waals surface area contributed by atoms with Gasteiger partial charge in [-0.1, -0.05) is 12.1 Å². The number of fused-ring (bicyclic) bond motifs is 3. The van der Waals surface area contributed by atoms with Crippen LogP contribution in [0.15, 0.2) is 48.9 Å². The summed E-state index contributed by atoms with van der Waals surface area (Å²) in [5.41, 5.74) is 8.57. The van der Waals surface area contributed by atoms with E-state index in [1.165, 1.54) is 11.9 Å². The molecule has 2 aliphatic rings. The molecule has 2 saturated carbocycles. The number of aromatic nitrogens is 4. The molecule has 2 fully saturated rings. The SMILES string of the molecule is CNc1ccc2ccc(CC[C@@]34C[C@@H]3[C@@H](n3ccc5c(N)ncnc53)[C@H](O)[C@@H]4O)cc2n1. The van der Waals surface area contributed by atoms with Gasteiger partial charge in [0.25, 0.3) is 0 Å². The van der Waals surface area contributed by atoms with Crippen LogP contribution in [0.1, 0.15) is 24.4 Å². The van der Waals surface area contributed by atoms with E-state index in [4.69, 9.17) is 5.73 Å². The zero-order valence-corrected chi connectivity index (χ0v) is 17.8. The summed E-state index contributed by atoms with van der Waals surface area (Å²) in [7, 11) is 1.86. The first-order valence-electron chi connectivity index (χ1n) is 11.0. The van der Waals surface area contributed by atoms with Gasteiger partial charge in [0.2, 0.25) is 0 Å². The molecular formula is C24H26N6O2. The number of nitrogens with one attached hydrogen (secondary N) is 1. The molecule has 0 aliphatic heterocycles. The van der Waals surface area contributed by atoms with Crippen LogP contribution in [0, 0.1) is 11.3 Å². The summed E-state index contributed by atoms with van der Waals surface area (Å²) in [6, 6.07) is 12.0. The maximum absolute atomic E-state index is 11.0. The van der Waals surface area contributed by atoms with Gasteiger partial charge in [0.05, 0.1) is 23.0 Å². The van der Waals surface area contributed by atoms with Gasteiger partial charge in [-0.25, -0.2) is 15.0 Å². The fourth-order valence-electron chi connectivity index (χ4n) is 5.78. The number of aliphatic hydroxyl groups excluding tert-OH is 2. The summed E-state index contributed by atoms with van der Waals surface area (Å²) in [5, 5.41) is 26.9.